The molecule has 0 aromatic carbocycles. The minimum atomic E-state index is -0.950. The third-order valence-corrected chi connectivity index (χ3v) is 7.88. The fourth-order valence-electron chi connectivity index (χ4n) is 4.93. The van der Waals surface area contributed by atoms with Crippen molar-refractivity contribution in [1.82, 2.24) is 34.7 Å². The normalized spacial score (nSPS) is 18.1. The first-order chi connectivity index (χ1) is 17.9. The first kappa shape index (κ1) is 24.2. The van der Waals surface area contributed by atoms with Crippen LogP contribution in [-0.2, 0) is 16.1 Å². The molecule has 0 spiro atoms. The van der Waals surface area contributed by atoms with E-state index in [1.54, 1.807) is 22.4 Å². The Morgan fingerprint density at radius 2 is 1.92 bits per heavy atom. The first-order valence-electron chi connectivity index (χ1n) is 12.6. The number of aromatic amines is 1. The van der Waals surface area contributed by atoms with Gasteiger partial charge in [0.25, 0.3) is 5.91 Å². The van der Waals surface area contributed by atoms with Crippen molar-refractivity contribution in [3.05, 3.63) is 29.0 Å². The highest BCUT2D eigenvalue weighted by Crippen LogP contribution is 2.34. The van der Waals surface area contributed by atoms with E-state index in [-0.39, 0.29) is 5.91 Å². The quantitative estimate of drug-likeness (QED) is 0.404. The second-order valence-corrected chi connectivity index (χ2v) is 10.7. The van der Waals surface area contributed by atoms with Crippen LogP contribution in [0.2, 0.25) is 0 Å². The van der Waals surface area contributed by atoms with Crippen molar-refractivity contribution in [2.75, 3.05) is 57.4 Å². The molecule has 6 heterocycles. The number of carbonyl (C=O) groups excluding carboxylic acids is 1. The number of piperazine rings is 1. The van der Waals surface area contributed by atoms with Crippen LogP contribution in [-0.4, -0.2) is 104 Å². The van der Waals surface area contributed by atoms with Crippen LogP contribution in [0, 0.1) is 6.92 Å². The van der Waals surface area contributed by atoms with Crippen molar-refractivity contribution in [1.29, 1.82) is 0 Å². The Hall–Kier alpha value is -3.19. The molecule has 4 aromatic heterocycles. The molecule has 0 radical (unpaired) electrons. The van der Waals surface area contributed by atoms with Crippen LogP contribution in [0.4, 0.5) is 5.82 Å². The van der Waals surface area contributed by atoms with Gasteiger partial charge in [-0.05, 0) is 26.0 Å². The molecule has 194 valence electrons. The van der Waals surface area contributed by atoms with Gasteiger partial charge in [-0.15, -0.1) is 11.3 Å². The predicted octanol–water partition coefficient (Wildman–Crippen LogP) is 1.80. The number of carbonyl (C=O) groups is 1. The number of hydrogen-bond donors (Lipinski definition) is 2. The highest BCUT2D eigenvalue weighted by Gasteiger charge is 2.25. The molecular weight excluding hydrogens is 492 g/mol. The summed E-state index contributed by atoms with van der Waals surface area (Å²) in [6, 6.07) is 4.22. The summed E-state index contributed by atoms with van der Waals surface area (Å²) in [7, 11) is 0. The van der Waals surface area contributed by atoms with Gasteiger partial charge >= 0.3 is 0 Å². The zero-order valence-electron chi connectivity index (χ0n) is 21.0. The van der Waals surface area contributed by atoms with E-state index < -0.39 is 6.10 Å². The number of thiophene rings is 1. The third kappa shape index (κ3) is 4.89. The molecule has 2 aliphatic rings. The number of morpholine rings is 1. The van der Waals surface area contributed by atoms with Crippen molar-refractivity contribution in [3.8, 4) is 11.4 Å². The molecular formula is C25H30N8O3S. The lowest BCUT2D eigenvalue weighted by Gasteiger charge is -2.35. The number of rotatable bonds is 5. The lowest BCUT2D eigenvalue weighted by atomic mass is 10.2. The summed E-state index contributed by atoms with van der Waals surface area (Å²) >= 11 is 1.69. The first-order valence-corrected chi connectivity index (χ1v) is 13.4. The van der Waals surface area contributed by atoms with E-state index in [1.165, 1.54) is 11.8 Å². The Kier molecular flexibility index (Phi) is 6.49. The van der Waals surface area contributed by atoms with Crippen molar-refractivity contribution in [2.45, 2.75) is 26.5 Å². The topological polar surface area (TPSA) is 124 Å². The summed E-state index contributed by atoms with van der Waals surface area (Å²) in [6.45, 7) is 9.94. The van der Waals surface area contributed by atoms with Crippen LogP contribution in [0.15, 0.2) is 18.3 Å². The van der Waals surface area contributed by atoms with Crippen LogP contribution in [0.1, 0.15) is 17.6 Å². The average molecular weight is 523 g/mol. The number of aryl methyl sites for hydroxylation is 1. The van der Waals surface area contributed by atoms with Gasteiger partial charge in [-0.2, -0.15) is 0 Å². The third-order valence-electron chi connectivity index (χ3n) is 6.87. The Morgan fingerprint density at radius 3 is 2.68 bits per heavy atom. The molecule has 0 saturated carbocycles. The highest BCUT2D eigenvalue weighted by molar-refractivity contribution is 7.18. The van der Waals surface area contributed by atoms with Crippen LogP contribution >= 0.6 is 11.3 Å². The van der Waals surface area contributed by atoms with Gasteiger partial charge in [0.15, 0.2) is 11.5 Å². The van der Waals surface area contributed by atoms with Crippen molar-refractivity contribution >= 4 is 44.4 Å². The van der Waals surface area contributed by atoms with Crippen molar-refractivity contribution < 1.29 is 14.6 Å². The van der Waals surface area contributed by atoms with Crippen LogP contribution < -0.4 is 4.90 Å². The number of H-pyrrole nitrogens is 1. The number of pyridine rings is 1. The van der Waals surface area contributed by atoms with Crippen molar-refractivity contribution in [2.24, 2.45) is 0 Å². The smallest absolute Gasteiger partial charge is 0.251 e. The molecule has 1 atom stereocenters. The number of imidazole rings is 1. The van der Waals surface area contributed by atoms with Gasteiger partial charge < -0.3 is 24.6 Å². The summed E-state index contributed by atoms with van der Waals surface area (Å²) in [6.07, 6.45) is 0.837. The van der Waals surface area contributed by atoms with Gasteiger partial charge in [-0.3, -0.25) is 9.69 Å². The summed E-state index contributed by atoms with van der Waals surface area (Å²) in [5.41, 5.74) is 2.40. The largest absolute Gasteiger partial charge is 0.384 e. The molecule has 11 nitrogen and oxygen atoms in total. The molecule has 12 heteroatoms. The number of hydrogen-bond acceptors (Lipinski definition) is 10. The van der Waals surface area contributed by atoms with Gasteiger partial charge in [0, 0.05) is 62.5 Å². The predicted molar refractivity (Wildman–Crippen MR) is 142 cm³/mol. The number of ether oxygens (including phenoxy) is 1. The van der Waals surface area contributed by atoms with Gasteiger partial charge in [-0.1, -0.05) is 0 Å². The molecule has 0 bridgehead atoms. The summed E-state index contributed by atoms with van der Waals surface area (Å²) in [5.74, 6) is 2.20. The Labute approximate surface area is 218 Å². The molecule has 2 N–H and O–H groups in total. The maximum atomic E-state index is 12.1. The number of fused-ring (bicyclic) bond motifs is 2. The van der Waals surface area contributed by atoms with E-state index in [0.717, 1.165) is 65.7 Å². The zero-order valence-corrected chi connectivity index (χ0v) is 21.8. The monoisotopic (exact) mass is 522 g/mol. The summed E-state index contributed by atoms with van der Waals surface area (Å²) in [4.78, 5) is 42.8. The van der Waals surface area contributed by atoms with Gasteiger partial charge in [0.2, 0.25) is 0 Å². The molecule has 4 aromatic rings. The van der Waals surface area contributed by atoms with Gasteiger partial charge in [0.1, 0.15) is 22.6 Å². The molecule has 6 rings (SSSR count). The van der Waals surface area contributed by atoms with Gasteiger partial charge in [0.05, 0.1) is 24.1 Å². The second-order valence-electron chi connectivity index (χ2n) is 9.60. The zero-order chi connectivity index (χ0) is 25.5. The maximum absolute atomic E-state index is 12.1. The minimum absolute atomic E-state index is 0.197. The summed E-state index contributed by atoms with van der Waals surface area (Å²) < 4.78 is 5.59. The minimum Gasteiger partial charge on any atom is -0.384 e. The SMILES string of the molecule is Cc1nc2ncc(-c3nc(N4CCOCC4)c4cc(CN5CCN(C(=O)C(C)O)CC5)sc4n3)cc2[nH]1. The fourth-order valence-corrected chi connectivity index (χ4v) is 6.00. The van der Waals surface area contributed by atoms with Crippen LogP contribution in [0.5, 0.6) is 0 Å². The molecule has 0 aliphatic carbocycles. The Morgan fingerprint density at radius 1 is 1.14 bits per heavy atom. The van der Waals surface area contributed by atoms with E-state index in [9.17, 15) is 9.90 Å². The lowest BCUT2D eigenvalue weighted by molar-refractivity contribution is -0.141. The number of aliphatic hydroxyl groups is 1. The van der Waals surface area contributed by atoms with Gasteiger partial charge in [-0.25, -0.2) is 19.9 Å². The van der Waals surface area contributed by atoms with E-state index in [2.05, 4.69) is 30.8 Å². The average Bonchev–Trinajstić information content (AvgIpc) is 3.49. The lowest BCUT2D eigenvalue weighted by Crippen LogP contribution is -2.50. The van der Waals surface area contributed by atoms with E-state index in [0.29, 0.717) is 37.8 Å². The number of aromatic nitrogens is 5. The second kappa shape index (κ2) is 9.93. The molecule has 1 amide bonds. The Bertz CT molecular complexity index is 1440. The molecule has 1 unspecified atom stereocenters. The number of nitrogens with one attached hydrogen (secondary N) is 1. The standard InChI is InChI=1S/C25H30N8O3S/c1-15(34)25(35)33-5-3-31(4-6-33)14-18-12-19-23(32-7-9-36-10-8-32)29-21(30-24(19)37-18)17-11-20-22(26-13-17)28-16(2)27-20/h11-13,15,34H,3-10,14H2,1-2H3,(H,26,27,28). The fraction of sp³-hybridized carbons (Fsp3) is 0.480. The number of amides is 1. The van der Waals surface area contributed by atoms with Crippen LogP contribution in [0.3, 0.4) is 0 Å². The van der Waals surface area contributed by atoms with E-state index in [1.807, 2.05) is 13.0 Å². The highest BCUT2D eigenvalue weighted by atomic mass is 32.1. The number of aliphatic hydroxyl groups excluding tert-OH is 1. The van der Waals surface area contributed by atoms with Crippen molar-refractivity contribution in [3.63, 3.8) is 0 Å². The Balaban J connectivity index is 1.30. The molecule has 2 fully saturated rings. The molecule has 2 saturated heterocycles. The molecule has 2 aliphatic heterocycles. The number of anilines is 1. The van der Waals surface area contributed by atoms with Crippen LogP contribution in [0.25, 0.3) is 32.8 Å². The number of nitrogens with zero attached hydrogens (tertiary/aromatic N) is 7. The molecule has 37 heavy (non-hydrogen) atoms. The van der Waals surface area contributed by atoms with E-state index >= 15 is 0 Å². The summed E-state index contributed by atoms with van der Waals surface area (Å²) in [5, 5.41) is 10.7. The maximum Gasteiger partial charge on any atom is 0.251 e. The van der Waals surface area contributed by atoms with E-state index in [4.69, 9.17) is 14.7 Å².